The zero-order valence-electron chi connectivity index (χ0n) is 13.5. The molecule has 2 aliphatic rings. The zero-order valence-corrected chi connectivity index (χ0v) is 13.5. The molecule has 0 bridgehead atoms. The quantitative estimate of drug-likeness (QED) is 0.845. The van der Waals surface area contributed by atoms with Crippen LogP contribution in [0.2, 0.25) is 0 Å². The molecule has 1 saturated heterocycles. The zero-order chi connectivity index (χ0) is 16.7. The Morgan fingerprint density at radius 1 is 1.17 bits per heavy atom. The third-order valence-corrected chi connectivity index (χ3v) is 5.38. The van der Waals surface area contributed by atoms with Crippen LogP contribution in [0.25, 0.3) is 0 Å². The molecule has 0 N–H and O–H groups in total. The van der Waals surface area contributed by atoms with Crippen LogP contribution in [0.5, 0.6) is 0 Å². The number of hydrogen-bond acceptors (Lipinski definition) is 6. The fourth-order valence-electron chi connectivity index (χ4n) is 3.94. The molecule has 1 atom stereocenters. The average Bonchev–Trinajstić information content (AvgIpc) is 3.13. The van der Waals surface area contributed by atoms with E-state index in [-0.39, 0.29) is 5.41 Å². The molecule has 1 aliphatic carbocycles. The smallest absolute Gasteiger partial charge is 0.220 e. The lowest BCUT2D eigenvalue weighted by atomic mass is 9.90. The van der Waals surface area contributed by atoms with Crippen LogP contribution in [0, 0.1) is 35.0 Å². The fraction of sp³-hybridized carbons (Fsp3) is 0.444. The second-order valence-electron chi connectivity index (χ2n) is 6.69. The van der Waals surface area contributed by atoms with E-state index in [2.05, 4.69) is 27.2 Å². The average molecular weight is 319 g/mol. The standard InChI is InChI=1S/C18H17N5O/c1-12-21-22-17(24-12)15-9-18(15)5-7-23(8-6-18)16-13(10-19)3-2-4-14(16)11-20/h2-4,15H,5-9H2,1H3. The molecule has 0 amide bonds. The minimum Gasteiger partial charge on any atom is -0.425 e. The highest BCUT2D eigenvalue weighted by molar-refractivity contribution is 5.68. The minimum atomic E-state index is 0.254. The maximum atomic E-state index is 9.36. The van der Waals surface area contributed by atoms with Crippen molar-refractivity contribution < 1.29 is 4.42 Å². The Hall–Kier alpha value is -2.86. The van der Waals surface area contributed by atoms with Crippen molar-refractivity contribution in [2.24, 2.45) is 5.41 Å². The Bertz CT molecular complexity index is 832. The van der Waals surface area contributed by atoms with E-state index < -0.39 is 0 Å². The predicted molar refractivity (Wildman–Crippen MR) is 86.1 cm³/mol. The van der Waals surface area contributed by atoms with Crippen LogP contribution in [-0.2, 0) is 0 Å². The number of nitriles is 2. The third-order valence-electron chi connectivity index (χ3n) is 5.38. The van der Waals surface area contributed by atoms with E-state index in [0.717, 1.165) is 43.9 Å². The first-order chi connectivity index (χ1) is 11.7. The molecule has 1 aromatic heterocycles. The molecule has 1 spiro atoms. The topological polar surface area (TPSA) is 89.7 Å². The first kappa shape index (κ1) is 14.7. The summed E-state index contributed by atoms with van der Waals surface area (Å²) >= 11 is 0. The summed E-state index contributed by atoms with van der Waals surface area (Å²) in [4.78, 5) is 2.18. The van der Waals surface area contributed by atoms with Gasteiger partial charge < -0.3 is 9.32 Å². The van der Waals surface area contributed by atoms with E-state index in [4.69, 9.17) is 4.42 Å². The molecule has 1 unspecified atom stereocenters. The molecule has 1 aromatic carbocycles. The molecule has 0 radical (unpaired) electrons. The molecule has 6 heteroatoms. The molecule has 2 aromatic rings. The molecule has 6 nitrogen and oxygen atoms in total. The van der Waals surface area contributed by atoms with Gasteiger partial charge in [0.15, 0.2) is 0 Å². The number of aryl methyl sites for hydroxylation is 1. The van der Waals surface area contributed by atoms with Gasteiger partial charge in [0.25, 0.3) is 0 Å². The van der Waals surface area contributed by atoms with Crippen LogP contribution in [0.3, 0.4) is 0 Å². The summed E-state index contributed by atoms with van der Waals surface area (Å²) in [5.74, 6) is 1.74. The van der Waals surface area contributed by atoms with Gasteiger partial charge >= 0.3 is 0 Å². The fourth-order valence-corrected chi connectivity index (χ4v) is 3.94. The summed E-state index contributed by atoms with van der Waals surface area (Å²) < 4.78 is 5.60. The Kier molecular flexibility index (Phi) is 3.28. The summed E-state index contributed by atoms with van der Waals surface area (Å²) in [6.07, 6.45) is 3.13. The lowest BCUT2D eigenvalue weighted by Gasteiger charge is -2.35. The summed E-state index contributed by atoms with van der Waals surface area (Å²) in [6, 6.07) is 9.75. The van der Waals surface area contributed by atoms with Crippen LogP contribution in [0.15, 0.2) is 22.6 Å². The Morgan fingerprint density at radius 3 is 2.38 bits per heavy atom. The van der Waals surface area contributed by atoms with E-state index in [1.54, 1.807) is 18.2 Å². The van der Waals surface area contributed by atoms with Crippen LogP contribution in [0.4, 0.5) is 5.69 Å². The van der Waals surface area contributed by atoms with Gasteiger partial charge in [0.05, 0.1) is 16.8 Å². The largest absolute Gasteiger partial charge is 0.425 e. The summed E-state index contributed by atoms with van der Waals surface area (Å²) in [6.45, 7) is 3.50. The van der Waals surface area contributed by atoms with Crippen LogP contribution in [0.1, 0.15) is 48.1 Å². The van der Waals surface area contributed by atoms with Gasteiger partial charge in [-0.2, -0.15) is 10.5 Å². The first-order valence-electron chi connectivity index (χ1n) is 8.15. The molecular weight excluding hydrogens is 302 g/mol. The Balaban J connectivity index is 1.52. The number of hydrogen-bond donors (Lipinski definition) is 0. The maximum Gasteiger partial charge on any atom is 0.220 e. The number of nitrogens with zero attached hydrogens (tertiary/aromatic N) is 5. The lowest BCUT2D eigenvalue weighted by molar-refractivity contribution is 0.349. The van der Waals surface area contributed by atoms with E-state index >= 15 is 0 Å². The van der Waals surface area contributed by atoms with Crippen LogP contribution >= 0.6 is 0 Å². The van der Waals surface area contributed by atoms with Gasteiger partial charge in [0.2, 0.25) is 11.8 Å². The van der Waals surface area contributed by atoms with Crippen molar-refractivity contribution in [3.05, 3.63) is 41.1 Å². The van der Waals surface area contributed by atoms with Crippen molar-refractivity contribution in [2.75, 3.05) is 18.0 Å². The van der Waals surface area contributed by atoms with E-state index in [1.807, 2.05) is 6.92 Å². The normalized spacial score (nSPS) is 21.3. The highest BCUT2D eigenvalue weighted by Crippen LogP contribution is 2.64. The van der Waals surface area contributed by atoms with Gasteiger partial charge in [-0.05, 0) is 36.8 Å². The number of anilines is 1. The van der Waals surface area contributed by atoms with Crippen molar-refractivity contribution in [3.8, 4) is 12.1 Å². The van der Waals surface area contributed by atoms with Gasteiger partial charge in [-0.1, -0.05) is 6.07 Å². The summed E-state index contributed by atoms with van der Waals surface area (Å²) in [5.41, 5.74) is 2.18. The van der Waals surface area contributed by atoms with Gasteiger partial charge in [0.1, 0.15) is 12.1 Å². The first-order valence-corrected chi connectivity index (χ1v) is 8.15. The SMILES string of the molecule is Cc1nnc(C2CC23CCN(c2c(C#N)cccc2C#N)CC3)o1. The number of para-hydroxylation sites is 1. The van der Waals surface area contributed by atoms with Crippen molar-refractivity contribution >= 4 is 5.69 Å². The van der Waals surface area contributed by atoms with Crippen LogP contribution in [-0.4, -0.2) is 23.3 Å². The molecular formula is C18H17N5O. The van der Waals surface area contributed by atoms with Gasteiger partial charge in [-0.15, -0.1) is 10.2 Å². The second kappa shape index (κ2) is 5.35. The second-order valence-corrected chi connectivity index (χ2v) is 6.69. The molecule has 24 heavy (non-hydrogen) atoms. The highest BCUT2D eigenvalue weighted by atomic mass is 16.4. The summed E-state index contributed by atoms with van der Waals surface area (Å²) in [7, 11) is 0. The molecule has 4 rings (SSSR count). The van der Waals surface area contributed by atoms with Crippen molar-refractivity contribution in [3.63, 3.8) is 0 Å². The number of aromatic nitrogens is 2. The van der Waals surface area contributed by atoms with Gasteiger partial charge in [0, 0.05) is 25.9 Å². The Labute approximate surface area is 140 Å². The van der Waals surface area contributed by atoms with Crippen molar-refractivity contribution in [1.82, 2.24) is 10.2 Å². The van der Waals surface area contributed by atoms with Crippen molar-refractivity contribution in [2.45, 2.75) is 32.1 Å². The molecule has 1 aliphatic heterocycles. The number of benzene rings is 1. The summed E-state index contributed by atoms with van der Waals surface area (Å²) in [5, 5.41) is 26.8. The Morgan fingerprint density at radius 2 is 1.83 bits per heavy atom. The lowest BCUT2D eigenvalue weighted by Crippen LogP contribution is -2.36. The van der Waals surface area contributed by atoms with Gasteiger partial charge in [-0.3, -0.25) is 0 Å². The van der Waals surface area contributed by atoms with E-state index in [0.29, 0.717) is 22.9 Å². The molecule has 2 heterocycles. The monoisotopic (exact) mass is 319 g/mol. The molecule has 1 saturated carbocycles. The maximum absolute atomic E-state index is 9.36. The molecule has 2 fully saturated rings. The number of piperidine rings is 1. The van der Waals surface area contributed by atoms with Gasteiger partial charge in [-0.25, -0.2) is 0 Å². The van der Waals surface area contributed by atoms with Crippen molar-refractivity contribution in [1.29, 1.82) is 10.5 Å². The predicted octanol–water partition coefficient (Wildman–Crippen LogP) is 2.90. The third kappa shape index (κ3) is 2.23. The number of rotatable bonds is 2. The van der Waals surface area contributed by atoms with E-state index in [9.17, 15) is 10.5 Å². The van der Waals surface area contributed by atoms with E-state index in [1.165, 1.54) is 0 Å². The molecule has 120 valence electrons. The highest BCUT2D eigenvalue weighted by Gasteiger charge is 2.58. The minimum absolute atomic E-state index is 0.254. The van der Waals surface area contributed by atoms with Crippen LogP contribution < -0.4 is 4.90 Å².